The Bertz CT molecular complexity index is 729. The van der Waals surface area contributed by atoms with Crippen molar-refractivity contribution in [1.29, 1.82) is 0 Å². The molecule has 3 rings (SSSR count). The Hall–Kier alpha value is -1.73. The van der Waals surface area contributed by atoms with Crippen molar-refractivity contribution < 1.29 is 14.2 Å². The Labute approximate surface area is 165 Å². The lowest BCUT2D eigenvalue weighted by molar-refractivity contribution is 0.164. The van der Waals surface area contributed by atoms with E-state index in [1.165, 1.54) is 32.1 Å². The summed E-state index contributed by atoms with van der Waals surface area (Å²) in [5.74, 6) is 3.21. The first-order valence-electron chi connectivity index (χ1n) is 9.66. The maximum Gasteiger partial charge on any atom is 0.191 e. The van der Waals surface area contributed by atoms with Crippen LogP contribution < -0.4 is 9.47 Å². The van der Waals surface area contributed by atoms with Crippen LogP contribution in [0.25, 0.3) is 11.4 Å². The van der Waals surface area contributed by atoms with E-state index in [2.05, 4.69) is 14.8 Å². The molecule has 6 nitrogen and oxygen atoms in total. The number of ether oxygens (including phenoxy) is 3. The van der Waals surface area contributed by atoms with Gasteiger partial charge in [0.1, 0.15) is 0 Å². The Morgan fingerprint density at radius 3 is 2.56 bits per heavy atom. The minimum absolute atomic E-state index is 0.450. The molecular weight excluding hydrogens is 362 g/mol. The molecule has 0 atom stereocenters. The molecular formula is C20H29N3O3S. The fourth-order valence-electron chi connectivity index (χ4n) is 3.55. The first kappa shape index (κ1) is 20.0. The average Bonchev–Trinajstić information content (AvgIpc) is 3.15. The molecule has 0 unspecified atom stereocenters. The topological polar surface area (TPSA) is 58.4 Å². The van der Waals surface area contributed by atoms with Gasteiger partial charge in [-0.25, -0.2) is 0 Å². The number of thioether (sulfide) groups is 1. The largest absolute Gasteiger partial charge is 0.493 e. The van der Waals surface area contributed by atoms with E-state index in [-0.39, 0.29) is 0 Å². The summed E-state index contributed by atoms with van der Waals surface area (Å²) in [5, 5.41) is 10.0. The van der Waals surface area contributed by atoms with Crippen LogP contribution in [0.2, 0.25) is 0 Å². The minimum Gasteiger partial charge on any atom is -0.493 e. The summed E-state index contributed by atoms with van der Waals surface area (Å²) in [7, 11) is 3.30. The summed E-state index contributed by atoms with van der Waals surface area (Å²) in [6, 6.07) is 6.39. The average molecular weight is 392 g/mol. The highest BCUT2D eigenvalue weighted by atomic mass is 32.2. The van der Waals surface area contributed by atoms with Crippen molar-refractivity contribution in [2.75, 3.05) is 33.2 Å². The summed E-state index contributed by atoms with van der Waals surface area (Å²) in [6.45, 7) is 3.49. The second kappa shape index (κ2) is 9.99. The summed E-state index contributed by atoms with van der Waals surface area (Å²) in [4.78, 5) is 0. The lowest BCUT2D eigenvalue weighted by atomic mass is 9.95. The Kier molecular flexibility index (Phi) is 7.41. The molecule has 7 heteroatoms. The smallest absolute Gasteiger partial charge is 0.191 e. The van der Waals surface area contributed by atoms with E-state index in [1.54, 1.807) is 26.0 Å². The summed E-state index contributed by atoms with van der Waals surface area (Å²) >= 11 is 1.72. The zero-order valence-corrected chi connectivity index (χ0v) is 17.3. The maximum atomic E-state index is 5.48. The monoisotopic (exact) mass is 391 g/mol. The second-order valence-electron chi connectivity index (χ2n) is 6.58. The van der Waals surface area contributed by atoms with Gasteiger partial charge in [0, 0.05) is 24.0 Å². The van der Waals surface area contributed by atoms with Crippen LogP contribution in [-0.2, 0) is 4.74 Å². The third-order valence-corrected chi connectivity index (χ3v) is 5.82. The predicted octanol–water partition coefficient (Wildman–Crippen LogP) is 4.60. The molecule has 148 valence electrons. The van der Waals surface area contributed by atoms with Crippen molar-refractivity contribution in [3.63, 3.8) is 0 Å². The van der Waals surface area contributed by atoms with Gasteiger partial charge in [-0.1, -0.05) is 31.0 Å². The highest BCUT2D eigenvalue weighted by Crippen LogP contribution is 2.37. The zero-order chi connectivity index (χ0) is 19.1. The van der Waals surface area contributed by atoms with Crippen molar-refractivity contribution >= 4 is 11.8 Å². The molecule has 0 N–H and O–H groups in total. The number of rotatable bonds is 9. The molecule has 0 aliphatic heterocycles. The lowest BCUT2D eigenvalue weighted by Crippen LogP contribution is -2.15. The van der Waals surface area contributed by atoms with Crippen molar-refractivity contribution in [1.82, 2.24) is 14.8 Å². The Balaban J connectivity index is 1.92. The number of nitrogens with zero attached hydrogens (tertiary/aromatic N) is 3. The van der Waals surface area contributed by atoms with Gasteiger partial charge in [0.25, 0.3) is 0 Å². The number of hydrogen-bond acceptors (Lipinski definition) is 6. The lowest BCUT2D eigenvalue weighted by Gasteiger charge is -2.25. The summed E-state index contributed by atoms with van der Waals surface area (Å²) < 4.78 is 18.7. The molecule has 1 aromatic heterocycles. The molecule has 1 aliphatic carbocycles. The third kappa shape index (κ3) is 4.76. The first-order chi connectivity index (χ1) is 13.3. The fraction of sp³-hybridized carbons (Fsp3) is 0.600. The standard InChI is InChI=1S/C20H29N3O3S/c1-4-26-12-13-27-20-22-21-19(23(20)16-8-6-5-7-9-16)15-10-11-17(24-2)18(14-15)25-3/h10-11,14,16H,4-9,12-13H2,1-3H3. The van der Waals surface area contributed by atoms with Gasteiger partial charge in [0.15, 0.2) is 22.5 Å². The molecule has 0 saturated heterocycles. The molecule has 1 heterocycles. The molecule has 27 heavy (non-hydrogen) atoms. The van der Waals surface area contributed by atoms with E-state index >= 15 is 0 Å². The fourth-order valence-corrected chi connectivity index (χ4v) is 4.41. The molecule has 1 aliphatic rings. The van der Waals surface area contributed by atoms with Gasteiger partial charge >= 0.3 is 0 Å². The van der Waals surface area contributed by atoms with Crippen LogP contribution >= 0.6 is 11.8 Å². The van der Waals surface area contributed by atoms with Crippen LogP contribution in [0.3, 0.4) is 0 Å². The Morgan fingerprint density at radius 1 is 1.07 bits per heavy atom. The van der Waals surface area contributed by atoms with Gasteiger partial charge in [0.05, 0.1) is 20.8 Å². The van der Waals surface area contributed by atoms with E-state index in [0.29, 0.717) is 11.8 Å². The van der Waals surface area contributed by atoms with Crippen LogP contribution in [-0.4, -0.2) is 48.0 Å². The molecule has 0 amide bonds. The molecule has 1 aromatic carbocycles. The number of methoxy groups -OCH3 is 2. The van der Waals surface area contributed by atoms with Gasteiger partial charge in [-0.15, -0.1) is 10.2 Å². The van der Waals surface area contributed by atoms with Gasteiger partial charge in [-0.05, 0) is 38.0 Å². The van der Waals surface area contributed by atoms with E-state index in [9.17, 15) is 0 Å². The van der Waals surface area contributed by atoms with Crippen molar-refractivity contribution in [2.45, 2.75) is 50.2 Å². The van der Waals surface area contributed by atoms with Crippen LogP contribution in [0.15, 0.2) is 23.4 Å². The third-order valence-electron chi connectivity index (χ3n) is 4.91. The molecule has 1 saturated carbocycles. The van der Waals surface area contributed by atoms with Crippen LogP contribution in [0.4, 0.5) is 0 Å². The number of benzene rings is 1. The van der Waals surface area contributed by atoms with Gasteiger partial charge in [-0.2, -0.15) is 0 Å². The molecule has 0 bridgehead atoms. The van der Waals surface area contributed by atoms with Gasteiger partial charge in [0.2, 0.25) is 0 Å². The summed E-state index contributed by atoms with van der Waals surface area (Å²) in [5.41, 5.74) is 1.00. The zero-order valence-electron chi connectivity index (χ0n) is 16.4. The maximum absolute atomic E-state index is 5.48. The normalized spacial score (nSPS) is 15.1. The van der Waals surface area contributed by atoms with Gasteiger partial charge < -0.3 is 14.2 Å². The van der Waals surface area contributed by atoms with Crippen LogP contribution in [0.5, 0.6) is 11.5 Å². The Morgan fingerprint density at radius 2 is 1.85 bits per heavy atom. The van der Waals surface area contributed by atoms with E-state index in [4.69, 9.17) is 14.2 Å². The second-order valence-corrected chi connectivity index (χ2v) is 7.65. The van der Waals surface area contributed by atoms with Crippen LogP contribution in [0.1, 0.15) is 45.1 Å². The molecule has 0 radical (unpaired) electrons. The SMILES string of the molecule is CCOCCSc1nnc(-c2ccc(OC)c(OC)c2)n1C1CCCCC1. The van der Waals surface area contributed by atoms with Crippen molar-refractivity contribution in [2.24, 2.45) is 0 Å². The van der Waals surface area contributed by atoms with Crippen molar-refractivity contribution in [3.05, 3.63) is 18.2 Å². The highest BCUT2D eigenvalue weighted by Gasteiger charge is 2.24. The van der Waals surface area contributed by atoms with E-state index < -0.39 is 0 Å². The predicted molar refractivity (Wildman–Crippen MR) is 108 cm³/mol. The van der Waals surface area contributed by atoms with E-state index in [0.717, 1.165) is 41.3 Å². The number of aromatic nitrogens is 3. The quantitative estimate of drug-likeness (QED) is 0.460. The minimum atomic E-state index is 0.450. The van der Waals surface area contributed by atoms with Gasteiger partial charge in [-0.3, -0.25) is 4.57 Å². The van der Waals surface area contributed by atoms with E-state index in [1.807, 2.05) is 25.1 Å². The number of hydrogen-bond donors (Lipinski definition) is 0. The molecule has 2 aromatic rings. The van der Waals surface area contributed by atoms with Crippen LogP contribution in [0, 0.1) is 0 Å². The molecule has 0 spiro atoms. The molecule has 1 fully saturated rings. The summed E-state index contributed by atoms with van der Waals surface area (Å²) in [6.07, 6.45) is 6.19. The van der Waals surface area contributed by atoms with Crippen molar-refractivity contribution in [3.8, 4) is 22.9 Å². The first-order valence-corrected chi connectivity index (χ1v) is 10.6. The highest BCUT2D eigenvalue weighted by molar-refractivity contribution is 7.99.